The van der Waals surface area contributed by atoms with Crippen molar-refractivity contribution in [2.45, 2.75) is 45.1 Å². The molecule has 0 radical (unpaired) electrons. The molecular weight excluding hydrogens is 454 g/mol. The predicted molar refractivity (Wildman–Crippen MR) is 114 cm³/mol. The molecule has 1 saturated carbocycles. The van der Waals surface area contributed by atoms with Crippen molar-refractivity contribution >= 4 is 27.8 Å². The van der Waals surface area contributed by atoms with Gasteiger partial charge in [0.1, 0.15) is 0 Å². The van der Waals surface area contributed by atoms with Gasteiger partial charge in [-0.25, -0.2) is 4.79 Å². The first-order valence-electron chi connectivity index (χ1n) is 9.97. The van der Waals surface area contributed by atoms with Gasteiger partial charge in [0.15, 0.2) is 12.4 Å². The Balaban J connectivity index is 1.82. The Morgan fingerprint density at radius 1 is 1.23 bits per heavy atom. The summed E-state index contributed by atoms with van der Waals surface area (Å²) in [6, 6.07) is 8.23. The summed E-state index contributed by atoms with van der Waals surface area (Å²) in [6.45, 7) is 1.49. The second-order valence-corrected chi connectivity index (χ2v) is 7.91. The number of ether oxygens (including phenoxy) is 2. The molecular formula is C21H24BrN3O5. The van der Waals surface area contributed by atoms with Gasteiger partial charge in [-0.2, -0.15) is 9.78 Å². The fraction of sp³-hybridized carbons (Fsp3) is 0.429. The highest BCUT2D eigenvalue weighted by Crippen LogP contribution is 2.19. The molecule has 0 spiro atoms. The Bertz CT molecular complexity index is 969. The van der Waals surface area contributed by atoms with Crippen LogP contribution in [0, 0.1) is 0 Å². The van der Waals surface area contributed by atoms with Gasteiger partial charge in [0.25, 0.3) is 11.5 Å². The van der Waals surface area contributed by atoms with Crippen molar-refractivity contribution in [3.63, 3.8) is 0 Å². The largest absolute Gasteiger partial charge is 0.481 e. The van der Waals surface area contributed by atoms with Gasteiger partial charge in [0, 0.05) is 10.5 Å². The SMILES string of the molecule is CCOC(=O)c1nn(-c2cccc(Br)c2)c(=O)cc1OCC(=O)NC1CCCCC1. The van der Waals surface area contributed by atoms with E-state index in [4.69, 9.17) is 9.47 Å². The maximum atomic E-state index is 12.6. The van der Waals surface area contributed by atoms with E-state index in [1.807, 2.05) is 6.07 Å². The number of rotatable bonds is 7. The van der Waals surface area contributed by atoms with Gasteiger partial charge in [-0.1, -0.05) is 41.3 Å². The predicted octanol–water partition coefficient (Wildman–Crippen LogP) is 3.00. The van der Waals surface area contributed by atoms with Crippen LogP contribution in [0.25, 0.3) is 5.69 Å². The van der Waals surface area contributed by atoms with Crippen LogP contribution in [0.2, 0.25) is 0 Å². The van der Waals surface area contributed by atoms with Crippen LogP contribution in [0.4, 0.5) is 0 Å². The first-order chi connectivity index (χ1) is 14.5. The fourth-order valence-corrected chi connectivity index (χ4v) is 3.73. The Morgan fingerprint density at radius 2 is 2.00 bits per heavy atom. The molecule has 1 aromatic heterocycles. The number of carbonyl (C=O) groups is 2. The van der Waals surface area contributed by atoms with Crippen molar-refractivity contribution in [3.05, 3.63) is 50.9 Å². The maximum absolute atomic E-state index is 12.6. The third-order valence-electron chi connectivity index (χ3n) is 4.75. The van der Waals surface area contributed by atoms with Crippen molar-refractivity contribution in [2.24, 2.45) is 0 Å². The molecule has 0 unspecified atom stereocenters. The number of halogens is 1. The Hall–Kier alpha value is -2.68. The molecule has 0 aliphatic heterocycles. The minimum Gasteiger partial charge on any atom is -0.481 e. The molecule has 1 fully saturated rings. The molecule has 1 N–H and O–H groups in total. The van der Waals surface area contributed by atoms with Gasteiger partial charge >= 0.3 is 5.97 Å². The van der Waals surface area contributed by atoms with Gasteiger partial charge in [-0.15, -0.1) is 0 Å². The van der Waals surface area contributed by atoms with E-state index in [9.17, 15) is 14.4 Å². The zero-order valence-corrected chi connectivity index (χ0v) is 18.3. The van der Waals surface area contributed by atoms with Crippen molar-refractivity contribution in [3.8, 4) is 11.4 Å². The van der Waals surface area contributed by atoms with Crippen LogP contribution in [0.5, 0.6) is 5.75 Å². The van der Waals surface area contributed by atoms with Crippen LogP contribution >= 0.6 is 15.9 Å². The molecule has 9 heteroatoms. The quantitative estimate of drug-likeness (QED) is 0.615. The fourth-order valence-electron chi connectivity index (χ4n) is 3.34. The molecule has 1 heterocycles. The monoisotopic (exact) mass is 477 g/mol. The first-order valence-corrected chi connectivity index (χ1v) is 10.8. The lowest BCUT2D eigenvalue weighted by molar-refractivity contribution is -0.124. The average Bonchev–Trinajstić information content (AvgIpc) is 2.73. The summed E-state index contributed by atoms with van der Waals surface area (Å²) >= 11 is 3.35. The average molecular weight is 478 g/mol. The van der Waals surface area contributed by atoms with Crippen LogP contribution in [0.1, 0.15) is 49.5 Å². The Morgan fingerprint density at radius 3 is 2.70 bits per heavy atom. The zero-order valence-electron chi connectivity index (χ0n) is 16.7. The highest BCUT2D eigenvalue weighted by Gasteiger charge is 2.21. The molecule has 1 amide bonds. The van der Waals surface area contributed by atoms with E-state index in [0.29, 0.717) is 5.69 Å². The minimum atomic E-state index is -0.732. The maximum Gasteiger partial charge on any atom is 0.362 e. The van der Waals surface area contributed by atoms with Crippen molar-refractivity contribution < 1.29 is 19.1 Å². The van der Waals surface area contributed by atoms with Crippen LogP contribution in [-0.2, 0) is 9.53 Å². The third kappa shape index (κ3) is 5.69. The summed E-state index contributed by atoms with van der Waals surface area (Å²) in [7, 11) is 0. The number of nitrogens with one attached hydrogen (secondary N) is 1. The van der Waals surface area contributed by atoms with Crippen molar-refractivity contribution in [2.75, 3.05) is 13.2 Å². The van der Waals surface area contributed by atoms with Gasteiger partial charge in [-0.3, -0.25) is 9.59 Å². The molecule has 160 valence electrons. The summed E-state index contributed by atoms with van der Waals surface area (Å²) < 4.78 is 12.4. The first kappa shape index (κ1) is 22.0. The van der Waals surface area contributed by atoms with Gasteiger partial charge in [0.05, 0.1) is 18.4 Å². The summed E-state index contributed by atoms with van der Waals surface area (Å²) in [5, 5.41) is 7.08. The smallest absolute Gasteiger partial charge is 0.362 e. The normalized spacial score (nSPS) is 14.2. The van der Waals surface area contributed by atoms with Gasteiger partial charge in [-0.05, 0) is 38.0 Å². The third-order valence-corrected chi connectivity index (χ3v) is 5.24. The van der Waals surface area contributed by atoms with E-state index in [-0.39, 0.29) is 36.6 Å². The molecule has 0 saturated heterocycles. The highest BCUT2D eigenvalue weighted by atomic mass is 79.9. The van der Waals surface area contributed by atoms with Gasteiger partial charge in [0.2, 0.25) is 5.69 Å². The topological polar surface area (TPSA) is 99.5 Å². The summed E-state index contributed by atoms with van der Waals surface area (Å²) in [5.41, 5.74) is -0.188. The molecule has 1 aliphatic rings. The number of amides is 1. The van der Waals surface area contributed by atoms with Crippen molar-refractivity contribution in [1.82, 2.24) is 15.1 Å². The molecule has 2 aromatic rings. The molecule has 1 aliphatic carbocycles. The molecule has 0 atom stereocenters. The molecule has 0 bridgehead atoms. The molecule has 1 aromatic carbocycles. The van der Waals surface area contributed by atoms with E-state index in [1.165, 1.54) is 6.42 Å². The summed E-state index contributed by atoms with van der Waals surface area (Å²) in [5.74, 6) is -1.11. The number of aromatic nitrogens is 2. The van der Waals surface area contributed by atoms with E-state index in [2.05, 4.69) is 26.3 Å². The lowest BCUT2D eigenvalue weighted by Gasteiger charge is -2.22. The number of hydrogen-bond acceptors (Lipinski definition) is 6. The van der Waals surface area contributed by atoms with E-state index in [0.717, 1.165) is 40.9 Å². The Kier molecular flexibility index (Phi) is 7.62. The molecule has 30 heavy (non-hydrogen) atoms. The van der Waals surface area contributed by atoms with Crippen LogP contribution in [-0.4, -0.2) is 40.9 Å². The van der Waals surface area contributed by atoms with E-state index in [1.54, 1.807) is 25.1 Å². The number of carbonyl (C=O) groups excluding carboxylic acids is 2. The van der Waals surface area contributed by atoms with E-state index < -0.39 is 11.5 Å². The Labute approximate surface area is 182 Å². The minimum absolute atomic E-state index is 0.0801. The van der Waals surface area contributed by atoms with E-state index >= 15 is 0 Å². The van der Waals surface area contributed by atoms with Crippen molar-refractivity contribution in [1.29, 1.82) is 0 Å². The summed E-state index contributed by atoms with van der Waals surface area (Å²) in [6.07, 6.45) is 5.27. The highest BCUT2D eigenvalue weighted by molar-refractivity contribution is 9.10. The van der Waals surface area contributed by atoms with Crippen LogP contribution in [0.15, 0.2) is 39.6 Å². The second-order valence-electron chi connectivity index (χ2n) is 7.00. The number of benzene rings is 1. The van der Waals surface area contributed by atoms with Gasteiger partial charge < -0.3 is 14.8 Å². The number of hydrogen-bond donors (Lipinski definition) is 1. The number of nitrogens with zero attached hydrogens (tertiary/aromatic N) is 2. The second kappa shape index (κ2) is 10.4. The lowest BCUT2D eigenvalue weighted by Crippen LogP contribution is -2.39. The molecule has 3 rings (SSSR count). The van der Waals surface area contributed by atoms with Crippen LogP contribution in [0.3, 0.4) is 0 Å². The standard InChI is InChI=1S/C21H24BrN3O5/c1-2-29-21(28)20-17(30-13-18(26)23-15-8-4-3-5-9-15)12-19(27)25(24-20)16-10-6-7-14(22)11-16/h6-7,10-12,15H,2-5,8-9,13H2,1H3,(H,23,26). The van der Waals surface area contributed by atoms with Crippen LogP contribution < -0.4 is 15.6 Å². The number of esters is 1. The summed E-state index contributed by atoms with van der Waals surface area (Å²) in [4.78, 5) is 37.2. The zero-order chi connectivity index (χ0) is 21.5. The molecule has 8 nitrogen and oxygen atoms in total. The lowest BCUT2D eigenvalue weighted by atomic mass is 9.95.